The molecule has 0 atom stereocenters. The van der Waals surface area contributed by atoms with Gasteiger partial charge < -0.3 is 15.6 Å². The Morgan fingerprint density at radius 3 is 3.10 bits per heavy atom. The van der Waals surface area contributed by atoms with E-state index in [4.69, 9.17) is 5.73 Å². The van der Waals surface area contributed by atoms with Gasteiger partial charge in [-0.15, -0.1) is 21.5 Å². The molecule has 0 aliphatic carbocycles. The van der Waals surface area contributed by atoms with Gasteiger partial charge in [-0.05, 0) is 6.07 Å². The molecular weight excluding hydrogens is 276 g/mol. The summed E-state index contributed by atoms with van der Waals surface area (Å²) in [5.74, 6) is 0.464. The van der Waals surface area contributed by atoms with Gasteiger partial charge in [-0.25, -0.2) is 0 Å². The maximum absolute atomic E-state index is 12.2. The molecule has 0 spiro atoms. The number of carbonyl (C=O) groups excluding carboxylic acids is 1. The maximum Gasteiger partial charge on any atom is 0.263 e. The molecule has 3 aromatic heterocycles. The minimum Gasteiger partial charge on any atom is -0.397 e. The smallest absolute Gasteiger partial charge is 0.263 e. The second kappa shape index (κ2) is 4.89. The fourth-order valence-electron chi connectivity index (χ4n) is 1.85. The zero-order valence-corrected chi connectivity index (χ0v) is 11.5. The average molecular weight is 288 g/mol. The number of aryl methyl sites for hydroxylation is 1. The first kappa shape index (κ1) is 12.5. The third-order valence-electron chi connectivity index (χ3n) is 2.95. The summed E-state index contributed by atoms with van der Waals surface area (Å²) in [6, 6.07) is 1.81. The predicted molar refractivity (Wildman–Crippen MR) is 76.2 cm³/mol. The monoisotopic (exact) mass is 288 g/mol. The van der Waals surface area contributed by atoms with Crippen LogP contribution < -0.4 is 11.1 Å². The summed E-state index contributed by atoms with van der Waals surface area (Å²) in [5.41, 5.74) is 6.50. The third-order valence-corrected chi connectivity index (χ3v) is 4.10. The van der Waals surface area contributed by atoms with Gasteiger partial charge >= 0.3 is 0 Å². The van der Waals surface area contributed by atoms with Crippen molar-refractivity contribution < 1.29 is 4.79 Å². The van der Waals surface area contributed by atoms with Crippen molar-refractivity contribution in [1.29, 1.82) is 0 Å². The number of nitrogens with zero attached hydrogens (tertiary/aromatic N) is 4. The fourth-order valence-corrected chi connectivity index (χ4v) is 2.85. The van der Waals surface area contributed by atoms with Gasteiger partial charge in [-0.3, -0.25) is 9.78 Å². The molecule has 8 heteroatoms. The first-order valence-corrected chi connectivity index (χ1v) is 6.71. The molecule has 0 bridgehead atoms. The summed E-state index contributed by atoms with van der Waals surface area (Å²) in [6.07, 6.45) is 4.95. The molecule has 20 heavy (non-hydrogen) atoms. The number of hydrogen-bond donors (Lipinski definition) is 2. The summed E-state index contributed by atoms with van der Waals surface area (Å²) in [5, 5.41) is 11.3. The molecule has 0 aliphatic rings. The number of fused-ring (bicyclic) bond motifs is 1. The lowest BCUT2D eigenvalue weighted by Gasteiger charge is -2.03. The van der Waals surface area contributed by atoms with E-state index < -0.39 is 0 Å². The summed E-state index contributed by atoms with van der Waals surface area (Å²) in [7, 11) is 1.82. The van der Waals surface area contributed by atoms with Crippen LogP contribution in [-0.4, -0.2) is 25.7 Å². The number of amides is 1. The van der Waals surface area contributed by atoms with Crippen molar-refractivity contribution in [2.45, 2.75) is 6.54 Å². The molecule has 0 saturated heterocycles. The molecule has 102 valence electrons. The van der Waals surface area contributed by atoms with E-state index >= 15 is 0 Å². The van der Waals surface area contributed by atoms with Crippen LogP contribution in [-0.2, 0) is 13.6 Å². The van der Waals surface area contributed by atoms with Crippen LogP contribution in [0, 0.1) is 0 Å². The molecule has 3 N–H and O–H groups in total. The van der Waals surface area contributed by atoms with Crippen molar-refractivity contribution in [2.24, 2.45) is 7.05 Å². The van der Waals surface area contributed by atoms with Gasteiger partial charge in [0.15, 0.2) is 5.82 Å². The summed E-state index contributed by atoms with van der Waals surface area (Å²) < 4.78 is 2.65. The molecule has 7 nitrogen and oxygen atoms in total. The van der Waals surface area contributed by atoms with E-state index in [1.807, 2.05) is 7.05 Å². The minimum atomic E-state index is -0.216. The Labute approximate surface area is 118 Å². The first-order valence-electron chi connectivity index (χ1n) is 5.90. The van der Waals surface area contributed by atoms with Crippen molar-refractivity contribution in [1.82, 2.24) is 25.1 Å². The zero-order chi connectivity index (χ0) is 14.1. The molecule has 0 aromatic carbocycles. The molecule has 0 saturated carbocycles. The van der Waals surface area contributed by atoms with Gasteiger partial charge in [0.25, 0.3) is 5.91 Å². The topological polar surface area (TPSA) is 98.7 Å². The van der Waals surface area contributed by atoms with Crippen LogP contribution >= 0.6 is 11.3 Å². The molecule has 3 heterocycles. The molecule has 0 unspecified atom stereocenters. The molecule has 0 aliphatic heterocycles. The number of hydrogen-bond acceptors (Lipinski definition) is 6. The van der Waals surface area contributed by atoms with Gasteiger partial charge in [-0.1, -0.05) is 0 Å². The Morgan fingerprint density at radius 2 is 2.40 bits per heavy atom. The number of aromatic nitrogens is 4. The number of rotatable bonds is 3. The second-order valence-electron chi connectivity index (χ2n) is 4.26. The largest absolute Gasteiger partial charge is 0.397 e. The van der Waals surface area contributed by atoms with E-state index in [0.29, 0.717) is 22.9 Å². The first-order chi connectivity index (χ1) is 9.66. The summed E-state index contributed by atoms with van der Waals surface area (Å²) in [4.78, 5) is 16.7. The van der Waals surface area contributed by atoms with Gasteiger partial charge in [-0.2, -0.15) is 0 Å². The molecule has 0 fully saturated rings. The minimum absolute atomic E-state index is 0.216. The van der Waals surface area contributed by atoms with E-state index in [-0.39, 0.29) is 5.91 Å². The lowest BCUT2D eigenvalue weighted by atomic mass is 10.2. The molecule has 0 radical (unpaired) electrons. The number of thiophene rings is 1. The average Bonchev–Trinajstić information content (AvgIpc) is 3.01. The van der Waals surface area contributed by atoms with E-state index in [0.717, 1.165) is 10.1 Å². The molecular formula is C12H12N6OS. The highest BCUT2D eigenvalue weighted by Gasteiger charge is 2.16. The number of anilines is 1. The summed E-state index contributed by atoms with van der Waals surface area (Å²) >= 11 is 1.33. The Kier molecular flexibility index (Phi) is 3.07. The van der Waals surface area contributed by atoms with Crippen molar-refractivity contribution in [2.75, 3.05) is 5.73 Å². The molecule has 3 rings (SSSR count). The van der Waals surface area contributed by atoms with Gasteiger partial charge in [0.1, 0.15) is 11.2 Å². The van der Waals surface area contributed by atoms with Crippen LogP contribution in [0.5, 0.6) is 0 Å². The normalized spacial score (nSPS) is 10.8. The van der Waals surface area contributed by atoms with Crippen LogP contribution in [0.25, 0.3) is 10.1 Å². The Hall–Kier alpha value is -2.48. The lowest BCUT2D eigenvalue weighted by Crippen LogP contribution is -2.24. The van der Waals surface area contributed by atoms with Crippen molar-refractivity contribution in [3.8, 4) is 0 Å². The van der Waals surface area contributed by atoms with Crippen LogP contribution in [0.4, 0.5) is 5.69 Å². The van der Waals surface area contributed by atoms with Crippen LogP contribution in [0.1, 0.15) is 15.5 Å². The fraction of sp³-hybridized carbons (Fsp3) is 0.167. The Balaban J connectivity index is 1.82. The quantitative estimate of drug-likeness (QED) is 0.747. The highest BCUT2D eigenvalue weighted by atomic mass is 32.1. The zero-order valence-electron chi connectivity index (χ0n) is 10.7. The van der Waals surface area contributed by atoms with E-state index in [1.54, 1.807) is 29.4 Å². The van der Waals surface area contributed by atoms with E-state index in [1.165, 1.54) is 11.3 Å². The number of nitrogen functional groups attached to an aromatic ring is 1. The number of carbonyl (C=O) groups is 1. The van der Waals surface area contributed by atoms with Crippen molar-refractivity contribution in [3.05, 3.63) is 35.5 Å². The summed E-state index contributed by atoms with van der Waals surface area (Å²) in [6.45, 7) is 0.307. The van der Waals surface area contributed by atoms with Crippen LogP contribution in [0.2, 0.25) is 0 Å². The number of nitrogens with two attached hydrogens (primary N) is 1. The van der Waals surface area contributed by atoms with Crippen molar-refractivity contribution in [3.63, 3.8) is 0 Å². The molecule has 3 aromatic rings. The van der Waals surface area contributed by atoms with E-state index in [2.05, 4.69) is 20.5 Å². The van der Waals surface area contributed by atoms with Gasteiger partial charge in [0.2, 0.25) is 0 Å². The number of pyridine rings is 1. The standard InChI is InChI=1S/C12H12N6OS/c1-18-6-16-17-9(18)5-15-12(19)11-10(13)7-2-3-14-4-8(7)20-11/h2-4,6H,5,13H2,1H3,(H,15,19). The SMILES string of the molecule is Cn1cnnc1CNC(=O)c1sc2cnccc2c1N. The van der Waals surface area contributed by atoms with Crippen LogP contribution in [0.3, 0.4) is 0 Å². The Bertz CT molecular complexity index is 777. The predicted octanol–water partition coefficient (Wildman–Crippen LogP) is 0.937. The lowest BCUT2D eigenvalue weighted by molar-refractivity contribution is 0.0954. The Morgan fingerprint density at radius 1 is 1.55 bits per heavy atom. The highest BCUT2D eigenvalue weighted by Crippen LogP contribution is 2.32. The number of nitrogens with one attached hydrogen (secondary N) is 1. The maximum atomic E-state index is 12.2. The van der Waals surface area contributed by atoms with Crippen LogP contribution in [0.15, 0.2) is 24.8 Å². The highest BCUT2D eigenvalue weighted by molar-refractivity contribution is 7.21. The van der Waals surface area contributed by atoms with Gasteiger partial charge in [0.05, 0.1) is 16.9 Å². The second-order valence-corrected chi connectivity index (χ2v) is 5.31. The van der Waals surface area contributed by atoms with E-state index in [9.17, 15) is 4.79 Å². The van der Waals surface area contributed by atoms with Crippen molar-refractivity contribution >= 4 is 33.0 Å². The molecule has 1 amide bonds. The van der Waals surface area contributed by atoms with Gasteiger partial charge in [0, 0.05) is 24.8 Å². The third kappa shape index (κ3) is 2.10.